The van der Waals surface area contributed by atoms with E-state index in [0.29, 0.717) is 0 Å². The van der Waals surface area contributed by atoms with Gasteiger partial charge in [0.05, 0.1) is 0 Å². The van der Waals surface area contributed by atoms with Gasteiger partial charge in [-0.2, -0.15) is 4.57 Å². The minimum Gasteiger partial charge on any atom is -0.502 e. The van der Waals surface area contributed by atoms with E-state index in [1.165, 1.54) is 0 Å². The number of pyridine rings is 2. The molecular weight excluding hydrogens is 260 g/mol. The van der Waals surface area contributed by atoms with Crippen LogP contribution in [0.3, 0.4) is 0 Å². The van der Waals surface area contributed by atoms with Crippen LogP contribution < -0.4 is 4.57 Å². The molecule has 3 heteroatoms. The molecule has 0 fully saturated rings. The summed E-state index contributed by atoms with van der Waals surface area (Å²) in [5.74, 6) is 0.212. The van der Waals surface area contributed by atoms with E-state index >= 15 is 0 Å². The number of aromatic nitrogens is 2. The lowest BCUT2D eigenvalue weighted by molar-refractivity contribution is -0.556. The third-order valence-electron chi connectivity index (χ3n) is 3.15. The van der Waals surface area contributed by atoms with Crippen LogP contribution in [-0.4, -0.2) is 10.1 Å². The van der Waals surface area contributed by atoms with Gasteiger partial charge in [-0.1, -0.05) is 36.4 Å². The number of aliphatic hydroxyl groups excluding tert-OH is 1. The van der Waals surface area contributed by atoms with Crippen molar-refractivity contribution >= 4 is 12.0 Å². The molecule has 0 saturated heterocycles. The van der Waals surface area contributed by atoms with Crippen molar-refractivity contribution in [2.45, 2.75) is 0 Å². The van der Waals surface area contributed by atoms with Gasteiger partial charge in [-0.05, 0) is 18.2 Å². The molecule has 0 aliphatic heterocycles. The van der Waals surface area contributed by atoms with Gasteiger partial charge in [0.2, 0.25) is 11.9 Å². The molecule has 0 aliphatic carbocycles. The number of aliphatic hydroxyl groups is 1. The molecule has 0 amide bonds. The van der Waals surface area contributed by atoms with E-state index in [9.17, 15) is 5.11 Å². The van der Waals surface area contributed by atoms with Gasteiger partial charge < -0.3 is 5.11 Å². The highest BCUT2D eigenvalue weighted by atomic mass is 16.3. The summed E-state index contributed by atoms with van der Waals surface area (Å²) in [6, 6.07) is 21.1. The van der Waals surface area contributed by atoms with Crippen LogP contribution in [-0.2, 0) is 0 Å². The Morgan fingerprint density at radius 1 is 0.905 bits per heavy atom. The first kappa shape index (κ1) is 13.1. The first-order valence-corrected chi connectivity index (χ1v) is 6.72. The van der Waals surface area contributed by atoms with Crippen LogP contribution in [0.1, 0.15) is 5.56 Å². The zero-order valence-corrected chi connectivity index (χ0v) is 11.4. The van der Waals surface area contributed by atoms with Gasteiger partial charge >= 0.3 is 0 Å². The highest BCUT2D eigenvalue weighted by Crippen LogP contribution is 2.13. The van der Waals surface area contributed by atoms with Crippen LogP contribution in [0.4, 0.5) is 0 Å². The largest absolute Gasteiger partial charge is 0.502 e. The lowest BCUT2D eigenvalue weighted by Crippen LogP contribution is -2.29. The van der Waals surface area contributed by atoms with Crippen LogP contribution in [0.15, 0.2) is 79.1 Å². The molecule has 102 valence electrons. The van der Waals surface area contributed by atoms with Crippen LogP contribution in [0.25, 0.3) is 23.3 Å². The third-order valence-corrected chi connectivity index (χ3v) is 3.15. The van der Waals surface area contributed by atoms with E-state index < -0.39 is 0 Å². The molecule has 0 bridgehead atoms. The lowest BCUT2D eigenvalue weighted by Gasteiger charge is -2.01. The molecule has 2 aromatic heterocycles. The van der Waals surface area contributed by atoms with Crippen molar-refractivity contribution < 1.29 is 9.67 Å². The van der Waals surface area contributed by atoms with Gasteiger partial charge in [0.15, 0.2) is 12.0 Å². The fourth-order valence-electron chi connectivity index (χ4n) is 2.12. The van der Waals surface area contributed by atoms with Crippen molar-refractivity contribution in [2.75, 3.05) is 0 Å². The number of hydrogen-bond acceptors (Lipinski definition) is 2. The van der Waals surface area contributed by atoms with Crippen molar-refractivity contribution in [3.63, 3.8) is 0 Å². The van der Waals surface area contributed by atoms with Gasteiger partial charge in [0.1, 0.15) is 5.69 Å². The normalized spacial score (nSPS) is 11.3. The Kier molecular flexibility index (Phi) is 3.74. The number of hydrogen-bond donors (Lipinski definition) is 1. The first-order valence-electron chi connectivity index (χ1n) is 6.72. The summed E-state index contributed by atoms with van der Waals surface area (Å²) in [7, 11) is 0. The molecule has 0 atom stereocenters. The second kappa shape index (κ2) is 6.01. The number of nitrogens with zero attached hydrogens (tertiary/aromatic N) is 2. The molecule has 3 aromatic rings. The highest BCUT2D eigenvalue weighted by molar-refractivity contribution is 5.66. The molecule has 3 nitrogen and oxygen atoms in total. The number of benzene rings is 1. The molecule has 21 heavy (non-hydrogen) atoms. The van der Waals surface area contributed by atoms with Crippen molar-refractivity contribution in [1.82, 2.24) is 4.98 Å². The van der Waals surface area contributed by atoms with Crippen molar-refractivity contribution in [3.05, 3.63) is 84.7 Å². The fraction of sp³-hybridized carbons (Fsp3) is 0. The maximum absolute atomic E-state index is 10.3. The summed E-state index contributed by atoms with van der Waals surface area (Å²) in [6.07, 6.45) is 5.34. The van der Waals surface area contributed by atoms with E-state index in [2.05, 4.69) is 4.98 Å². The van der Waals surface area contributed by atoms with Crippen molar-refractivity contribution in [2.24, 2.45) is 0 Å². The second-order valence-electron chi connectivity index (χ2n) is 4.59. The Balaban J connectivity index is 2.04. The summed E-state index contributed by atoms with van der Waals surface area (Å²) in [5, 5.41) is 10.3. The van der Waals surface area contributed by atoms with E-state index in [0.717, 1.165) is 17.0 Å². The summed E-state index contributed by atoms with van der Waals surface area (Å²) >= 11 is 0. The van der Waals surface area contributed by atoms with Crippen LogP contribution in [0.5, 0.6) is 0 Å². The number of rotatable bonds is 3. The van der Waals surface area contributed by atoms with E-state index in [4.69, 9.17) is 0 Å². The minimum absolute atomic E-state index is 0.212. The summed E-state index contributed by atoms with van der Waals surface area (Å²) in [5.41, 5.74) is 2.55. The van der Waals surface area contributed by atoms with Gasteiger partial charge in [-0.3, -0.25) is 0 Å². The lowest BCUT2D eigenvalue weighted by atomic mass is 10.2. The molecule has 3 rings (SSSR count). The van der Waals surface area contributed by atoms with Gasteiger partial charge in [0, 0.05) is 23.9 Å². The summed E-state index contributed by atoms with van der Waals surface area (Å²) < 4.78 is 1.87. The van der Waals surface area contributed by atoms with Crippen molar-refractivity contribution in [3.8, 4) is 11.4 Å². The summed E-state index contributed by atoms with van der Waals surface area (Å²) in [6.45, 7) is 0. The average molecular weight is 275 g/mol. The van der Waals surface area contributed by atoms with Crippen LogP contribution in [0, 0.1) is 0 Å². The monoisotopic (exact) mass is 275 g/mol. The molecule has 0 aliphatic rings. The first-order chi connectivity index (χ1) is 10.3. The van der Waals surface area contributed by atoms with E-state index in [1.54, 1.807) is 12.4 Å². The Labute approximate surface area is 123 Å². The molecule has 1 aromatic carbocycles. The van der Waals surface area contributed by atoms with Crippen LogP contribution in [0.2, 0.25) is 0 Å². The Morgan fingerprint density at radius 3 is 2.43 bits per heavy atom. The topological polar surface area (TPSA) is 37.0 Å². The maximum Gasteiger partial charge on any atom is 0.236 e. The third kappa shape index (κ3) is 2.98. The second-order valence-corrected chi connectivity index (χ2v) is 4.59. The Hall–Kier alpha value is -2.94. The molecule has 1 N–H and O–H groups in total. The molecule has 0 radical (unpaired) electrons. The maximum atomic E-state index is 10.3. The van der Waals surface area contributed by atoms with E-state index in [-0.39, 0.29) is 5.76 Å². The van der Waals surface area contributed by atoms with Crippen LogP contribution >= 0.6 is 0 Å². The van der Waals surface area contributed by atoms with Gasteiger partial charge in [-0.25, -0.2) is 4.98 Å². The predicted molar refractivity (Wildman–Crippen MR) is 83.1 cm³/mol. The Morgan fingerprint density at radius 2 is 1.67 bits per heavy atom. The molecule has 0 unspecified atom stereocenters. The summed E-state index contributed by atoms with van der Waals surface area (Å²) in [4.78, 5) is 4.36. The standard InChI is InChI=1S/C18H14N2O/c21-18(15-8-2-1-3-9-15)14-20-13-7-5-11-17(20)16-10-4-6-12-19-16/h1-14H/p+1. The highest BCUT2D eigenvalue weighted by Gasteiger charge is 2.13. The zero-order valence-electron chi connectivity index (χ0n) is 11.4. The van der Waals surface area contributed by atoms with E-state index in [1.807, 2.05) is 77.5 Å². The molecule has 0 spiro atoms. The molecule has 2 heterocycles. The predicted octanol–water partition coefficient (Wildman–Crippen LogP) is 3.55. The minimum atomic E-state index is 0.212. The van der Waals surface area contributed by atoms with Gasteiger partial charge in [-0.15, -0.1) is 0 Å². The molecular formula is C18H15N2O+. The quantitative estimate of drug-likeness (QED) is 0.586. The zero-order chi connectivity index (χ0) is 14.5. The fourth-order valence-corrected chi connectivity index (χ4v) is 2.12. The smallest absolute Gasteiger partial charge is 0.236 e. The van der Waals surface area contributed by atoms with Crippen molar-refractivity contribution in [1.29, 1.82) is 0 Å². The molecule has 0 saturated carbocycles. The SMILES string of the molecule is O/C(=C\[n+]1ccccc1-c1ccccn1)c1ccccc1. The Bertz CT molecular complexity index is 752. The average Bonchev–Trinajstić information content (AvgIpc) is 2.57. The van der Waals surface area contributed by atoms with Gasteiger partial charge in [0.25, 0.3) is 0 Å².